The van der Waals surface area contributed by atoms with Gasteiger partial charge < -0.3 is 15.2 Å². The zero-order valence-corrected chi connectivity index (χ0v) is 12.6. The van der Waals surface area contributed by atoms with Crippen LogP contribution in [0.15, 0.2) is 18.2 Å². The van der Waals surface area contributed by atoms with Crippen LogP contribution in [0.4, 0.5) is 0 Å². The number of carbonyl (C=O) groups excluding carboxylic acids is 1. The standard InChI is InChI=1S/C15H22ClNO3/c1-2-19-15(18)9-4-3-5-10-20-14-8-6-7-13(16)12(14)11-17/h6-8H,2-5,9-11,17H2,1H3. The van der Waals surface area contributed by atoms with Gasteiger partial charge in [-0.2, -0.15) is 0 Å². The van der Waals surface area contributed by atoms with E-state index in [1.54, 1.807) is 6.07 Å². The van der Waals surface area contributed by atoms with Crippen LogP contribution in [0.25, 0.3) is 0 Å². The first kappa shape index (κ1) is 16.8. The first-order valence-electron chi connectivity index (χ1n) is 6.95. The number of esters is 1. The summed E-state index contributed by atoms with van der Waals surface area (Å²) in [6.07, 6.45) is 3.10. The summed E-state index contributed by atoms with van der Waals surface area (Å²) in [6, 6.07) is 5.51. The lowest BCUT2D eigenvalue weighted by Crippen LogP contribution is -2.05. The molecule has 0 bridgehead atoms. The van der Waals surface area contributed by atoms with Crippen molar-refractivity contribution in [3.05, 3.63) is 28.8 Å². The number of carbonyl (C=O) groups is 1. The Bertz CT molecular complexity index is 424. The number of halogens is 1. The highest BCUT2D eigenvalue weighted by Gasteiger charge is 2.06. The zero-order chi connectivity index (χ0) is 14.8. The number of unbranched alkanes of at least 4 members (excludes halogenated alkanes) is 2. The second-order valence-electron chi connectivity index (χ2n) is 4.38. The molecule has 0 saturated heterocycles. The second-order valence-corrected chi connectivity index (χ2v) is 4.79. The second kappa shape index (κ2) is 9.61. The molecule has 4 nitrogen and oxygen atoms in total. The van der Waals surface area contributed by atoms with Gasteiger partial charge in [0, 0.05) is 23.6 Å². The third-order valence-electron chi connectivity index (χ3n) is 2.87. The average Bonchev–Trinajstić information content (AvgIpc) is 2.43. The summed E-state index contributed by atoms with van der Waals surface area (Å²) in [4.78, 5) is 11.1. The average molecular weight is 300 g/mol. The maximum atomic E-state index is 11.1. The van der Waals surface area contributed by atoms with Crippen LogP contribution in [-0.4, -0.2) is 19.2 Å². The Balaban J connectivity index is 2.22. The summed E-state index contributed by atoms with van der Waals surface area (Å²) < 4.78 is 10.5. The fourth-order valence-corrected chi connectivity index (χ4v) is 2.08. The van der Waals surface area contributed by atoms with Gasteiger partial charge in [0.15, 0.2) is 0 Å². The molecule has 2 N–H and O–H groups in total. The van der Waals surface area contributed by atoms with Crippen molar-refractivity contribution in [1.29, 1.82) is 0 Å². The van der Waals surface area contributed by atoms with Crippen molar-refractivity contribution in [3.63, 3.8) is 0 Å². The Kier molecular flexibility index (Phi) is 8.07. The first-order valence-corrected chi connectivity index (χ1v) is 7.32. The molecule has 0 amide bonds. The van der Waals surface area contributed by atoms with E-state index in [2.05, 4.69) is 0 Å². The van der Waals surface area contributed by atoms with Crippen LogP contribution in [0.2, 0.25) is 5.02 Å². The molecule has 112 valence electrons. The molecule has 0 aromatic heterocycles. The van der Waals surface area contributed by atoms with Crippen molar-refractivity contribution < 1.29 is 14.3 Å². The fraction of sp³-hybridized carbons (Fsp3) is 0.533. The van der Waals surface area contributed by atoms with Gasteiger partial charge >= 0.3 is 5.97 Å². The van der Waals surface area contributed by atoms with Crippen molar-refractivity contribution >= 4 is 17.6 Å². The summed E-state index contributed by atoms with van der Waals surface area (Å²) in [5.41, 5.74) is 6.48. The van der Waals surface area contributed by atoms with Gasteiger partial charge in [-0.15, -0.1) is 0 Å². The van der Waals surface area contributed by atoms with Crippen molar-refractivity contribution in [2.75, 3.05) is 13.2 Å². The van der Waals surface area contributed by atoms with E-state index in [0.29, 0.717) is 31.2 Å². The molecule has 0 radical (unpaired) electrons. The Morgan fingerprint density at radius 2 is 2.10 bits per heavy atom. The lowest BCUT2D eigenvalue weighted by molar-refractivity contribution is -0.143. The van der Waals surface area contributed by atoms with Crippen LogP contribution in [0.3, 0.4) is 0 Å². The molecular formula is C15H22ClNO3. The van der Waals surface area contributed by atoms with Gasteiger partial charge in [-0.1, -0.05) is 17.7 Å². The topological polar surface area (TPSA) is 61.5 Å². The van der Waals surface area contributed by atoms with Crippen LogP contribution in [0, 0.1) is 0 Å². The first-order chi connectivity index (χ1) is 9.69. The minimum absolute atomic E-state index is 0.131. The van der Waals surface area contributed by atoms with Crippen molar-refractivity contribution in [2.45, 2.75) is 39.2 Å². The van der Waals surface area contributed by atoms with Gasteiger partial charge in [0.05, 0.1) is 13.2 Å². The molecule has 5 heteroatoms. The van der Waals surface area contributed by atoms with E-state index in [1.165, 1.54) is 0 Å². The summed E-state index contributed by atoms with van der Waals surface area (Å²) in [6.45, 7) is 3.21. The molecule has 20 heavy (non-hydrogen) atoms. The number of hydrogen-bond donors (Lipinski definition) is 1. The molecule has 0 fully saturated rings. The lowest BCUT2D eigenvalue weighted by atomic mass is 10.2. The van der Waals surface area contributed by atoms with Crippen LogP contribution in [0.5, 0.6) is 5.75 Å². The highest BCUT2D eigenvalue weighted by atomic mass is 35.5. The van der Waals surface area contributed by atoms with E-state index in [4.69, 9.17) is 26.8 Å². The van der Waals surface area contributed by atoms with E-state index in [9.17, 15) is 4.79 Å². The van der Waals surface area contributed by atoms with Crippen LogP contribution >= 0.6 is 11.6 Å². The number of rotatable bonds is 9. The fourth-order valence-electron chi connectivity index (χ4n) is 1.84. The van der Waals surface area contributed by atoms with Crippen LogP contribution < -0.4 is 10.5 Å². The molecular weight excluding hydrogens is 278 g/mol. The predicted molar refractivity (Wildman–Crippen MR) is 79.9 cm³/mol. The zero-order valence-electron chi connectivity index (χ0n) is 11.9. The van der Waals surface area contributed by atoms with E-state index >= 15 is 0 Å². The number of benzene rings is 1. The quantitative estimate of drug-likeness (QED) is 0.561. The van der Waals surface area contributed by atoms with E-state index in [1.807, 2.05) is 19.1 Å². The van der Waals surface area contributed by atoms with Crippen molar-refractivity contribution in [2.24, 2.45) is 5.73 Å². The molecule has 0 aliphatic carbocycles. The number of nitrogens with two attached hydrogens (primary N) is 1. The van der Waals surface area contributed by atoms with E-state index in [-0.39, 0.29) is 5.97 Å². The normalized spacial score (nSPS) is 10.3. The summed E-state index contributed by atoms with van der Waals surface area (Å²) in [5, 5.41) is 0.632. The maximum absolute atomic E-state index is 11.1. The van der Waals surface area contributed by atoms with Crippen molar-refractivity contribution in [3.8, 4) is 5.75 Å². The summed E-state index contributed by atoms with van der Waals surface area (Å²) in [5.74, 6) is 0.610. The molecule has 0 aliphatic rings. The molecule has 0 unspecified atom stereocenters. The van der Waals surface area contributed by atoms with Gasteiger partial charge in [0.25, 0.3) is 0 Å². The van der Waals surface area contributed by atoms with Crippen LogP contribution in [0.1, 0.15) is 38.2 Å². The summed E-state index contributed by atoms with van der Waals surface area (Å²) >= 11 is 6.05. The van der Waals surface area contributed by atoms with Crippen molar-refractivity contribution in [1.82, 2.24) is 0 Å². The highest BCUT2D eigenvalue weighted by Crippen LogP contribution is 2.25. The molecule has 0 saturated carbocycles. The molecule has 0 heterocycles. The molecule has 1 aromatic carbocycles. The largest absolute Gasteiger partial charge is 0.493 e. The SMILES string of the molecule is CCOC(=O)CCCCCOc1cccc(Cl)c1CN. The van der Waals surface area contributed by atoms with E-state index < -0.39 is 0 Å². The van der Waals surface area contributed by atoms with Gasteiger partial charge in [0.1, 0.15) is 5.75 Å². The third kappa shape index (κ3) is 5.80. The summed E-state index contributed by atoms with van der Waals surface area (Å²) in [7, 11) is 0. The Morgan fingerprint density at radius 3 is 2.80 bits per heavy atom. The minimum atomic E-state index is -0.131. The van der Waals surface area contributed by atoms with Crippen LogP contribution in [-0.2, 0) is 16.1 Å². The predicted octanol–water partition coefficient (Wildman–Crippen LogP) is 3.30. The maximum Gasteiger partial charge on any atom is 0.305 e. The highest BCUT2D eigenvalue weighted by molar-refractivity contribution is 6.31. The van der Waals surface area contributed by atoms with Gasteiger partial charge in [-0.05, 0) is 38.3 Å². The molecule has 0 spiro atoms. The number of hydrogen-bond acceptors (Lipinski definition) is 4. The smallest absolute Gasteiger partial charge is 0.305 e. The van der Waals surface area contributed by atoms with Gasteiger partial charge in [-0.3, -0.25) is 4.79 Å². The van der Waals surface area contributed by atoms with E-state index in [0.717, 1.165) is 30.6 Å². The monoisotopic (exact) mass is 299 g/mol. The molecule has 1 rings (SSSR count). The molecule has 0 atom stereocenters. The number of ether oxygens (including phenoxy) is 2. The molecule has 1 aromatic rings. The third-order valence-corrected chi connectivity index (χ3v) is 3.22. The lowest BCUT2D eigenvalue weighted by Gasteiger charge is -2.11. The Morgan fingerprint density at radius 1 is 1.30 bits per heavy atom. The Hall–Kier alpha value is -1.26. The Labute approximate surface area is 125 Å². The minimum Gasteiger partial charge on any atom is -0.493 e. The van der Waals surface area contributed by atoms with Gasteiger partial charge in [0.2, 0.25) is 0 Å². The van der Waals surface area contributed by atoms with Gasteiger partial charge in [-0.25, -0.2) is 0 Å². The molecule has 0 aliphatic heterocycles.